The van der Waals surface area contributed by atoms with Gasteiger partial charge in [0.1, 0.15) is 18.7 Å². The molecule has 1 aliphatic rings. The zero-order valence-corrected chi connectivity index (χ0v) is 10.3. The average Bonchev–Trinajstić information content (AvgIpc) is 2.35. The Labute approximate surface area is 103 Å². The van der Waals surface area contributed by atoms with E-state index in [-0.39, 0.29) is 0 Å². The molecule has 3 rings (SSSR count). The molecule has 0 atom stereocenters. The molecule has 3 heteroatoms. The van der Waals surface area contributed by atoms with Crippen molar-refractivity contribution in [1.82, 2.24) is 0 Å². The minimum Gasteiger partial charge on any atom is -0.457 e. The first-order valence-corrected chi connectivity index (χ1v) is 6.15. The molecule has 0 saturated carbocycles. The van der Waals surface area contributed by atoms with E-state index < -0.39 is 0 Å². The van der Waals surface area contributed by atoms with E-state index in [0.717, 1.165) is 25.1 Å². The lowest BCUT2D eigenvalue weighted by atomic mass is 9.51. The zero-order valence-electron chi connectivity index (χ0n) is 10.3. The monoisotopic (exact) mass is 220 g/mol. The number of benzene rings is 2. The van der Waals surface area contributed by atoms with Crippen molar-refractivity contribution >= 4 is 20.4 Å². The molecular weight excluding hydrogens is 206 g/mol. The van der Waals surface area contributed by atoms with Gasteiger partial charge >= 0.3 is 0 Å². The van der Waals surface area contributed by atoms with E-state index in [2.05, 4.69) is 51.1 Å². The standard InChI is InChI=1S/C14H14B2O/c1-9-2-4-13-10(6-9)7-11-8-12(16-15)3-5-14(11)17-13/h2-6,8,16H,7,15H2,1H3. The van der Waals surface area contributed by atoms with Gasteiger partial charge in [-0.15, -0.1) is 0 Å². The minimum absolute atomic E-state index is 0.986. The van der Waals surface area contributed by atoms with Crippen molar-refractivity contribution < 1.29 is 4.74 Å². The third kappa shape index (κ3) is 1.86. The Balaban J connectivity index is 2.05. The van der Waals surface area contributed by atoms with E-state index in [4.69, 9.17) is 4.74 Å². The van der Waals surface area contributed by atoms with Crippen molar-refractivity contribution in [3.8, 4) is 11.5 Å². The molecule has 17 heavy (non-hydrogen) atoms. The van der Waals surface area contributed by atoms with Crippen LogP contribution in [0.4, 0.5) is 0 Å². The second-order valence-electron chi connectivity index (χ2n) is 4.69. The molecule has 0 bridgehead atoms. The summed E-state index contributed by atoms with van der Waals surface area (Å²) >= 11 is 0. The van der Waals surface area contributed by atoms with Gasteiger partial charge < -0.3 is 4.74 Å². The van der Waals surface area contributed by atoms with Gasteiger partial charge in [0.2, 0.25) is 0 Å². The number of hydrogen-bond acceptors (Lipinski definition) is 1. The van der Waals surface area contributed by atoms with Crippen LogP contribution in [0.25, 0.3) is 0 Å². The maximum Gasteiger partial charge on any atom is 0.130 e. The van der Waals surface area contributed by atoms with Crippen molar-refractivity contribution in [2.75, 3.05) is 0 Å². The quantitative estimate of drug-likeness (QED) is 0.561. The van der Waals surface area contributed by atoms with Gasteiger partial charge in [0.05, 0.1) is 7.74 Å². The largest absolute Gasteiger partial charge is 0.457 e. The van der Waals surface area contributed by atoms with Gasteiger partial charge in [-0.1, -0.05) is 35.3 Å². The maximum atomic E-state index is 5.93. The molecule has 0 saturated heterocycles. The molecule has 0 amide bonds. The Kier molecular flexibility index (Phi) is 2.47. The van der Waals surface area contributed by atoms with Crippen LogP contribution in [0, 0.1) is 6.92 Å². The van der Waals surface area contributed by atoms with E-state index >= 15 is 0 Å². The fraction of sp³-hybridized carbons (Fsp3) is 0.143. The Morgan fingerprint density at radius 1 is 1.06 bits per heavy atom. The third-order valence-electron chi connectivity index (χ3n) is 3.35. The van der Waals surface area contributed by atoms with Crippen LogP contribution in [-0.4, -0.2) is 14.9 Å². The summed E-state index contributed by atoms with van der Waals surface area (Å²) in [5, 5.41) is 0. The first-order valence-electron chi connectivity index (χ1n) is 6.15. The van der Waals surface area contributed by atoms with Gasteiger partial charge in [0.15, 0.2) is 0 Å². The van der Waals surface area contributed by atoms with Crippen LogP contribution in [0.2, 0.25) is 0 Å². The van der Waals surface area contributed by atoms with Gasteiger partial charge in [-0.05, 0) is 30.2 Å². The molecule has 0 fully saturated rings. The highest BCUT2D eigenvalue weighted by Gasteiger charge is 2.16. The fourth-order valence-electron chi connectivity index (χ4n) is 2.36. The summed E-state index contributed by atoms with van der Waals surface area (Å²) in [7, 11) is 3.26. The van der Waals surface area contributed by atoms with E-state index in [1.165, 1.54) is 22.2 Å². The van der Waals surface area contributed by atoms with Crippen LogP contribution in [0.5, 0.6) is 11.5 Å². The maximum absolute atomic E-state index is 5.93. The van der Waals surface area contributed by atoms with Crippen LogP contribution in [0.1, 0.15) is 16.7 Å². The van der Waals surface area contributed by atoms with Crippen molar-refractivity contribution in [1.29, 1.82) is 0 Å². The Morgan fingerprint density at radius 3 is 2.53 bits per heavy atom. The summed E-state index contributed by atoms with van der Waals surface area (Å²) in [6.07, 6.45) is 0.986. The summed E-state index contributed by atoms with van der Waals surface area (Å²) in [6, 6.07) is 12.9. The lowest BCUT2D eigenvalue weighted by Gasteiger charge is -2.21. The average molecular weight is 220 g/mol. The first-order chi connectivity index (χ1) is 8.26. The van der Waals surface area contributed by atoms with Gasteiger partial charge in [-0.25, -0.2) is 0 Å². The smallest absolute Gasteiger partial charge is 0.130 e. The van der Waals surface area contributed by atoms with E-state index in [0.29, 0.717) is 0 Å². The molecule has 1 nitrogen and oxygen atoms in total. The second-order valence-corrected chi connectivity index (χ2v) is 4.69. The summed E-state index contributed by atoms with van der Waals surface area (Å²) in [4.78, 5) is 0. The summed E-state index contributed by atoms with van der Waals surface area (Å²) in [5.41, 5.74) is 5.28. The van der Waals surface area contributed by atoms with E-state index in [9.17, 15) is 0 Å². The van der Waals surface area contributed by atoms with Crippen molar-refractivity contribution in [2.24, 2.45) is 0 Å². The number of hydrogen-bond donors (Lipinski definition) is 0. The zero-order chi connectivity index (χ0) is 11.8. The highest BCUT2D eigenvalue weighted by atomic mass is 16.5. The highest BCUT2D eigenvalue weighted by molar-refractivity contribution is 6.97. The van der Waals surface area contributed by atoms with Crippen molar-refractivity contribution in [2.45, 2.75) is 13.3 Å². The summed E-state index contributed by atoms with van der Waals surface area (Å²) in [5.74, 6) is 2.02. The minimum atomic E-state index is 0.986. The number of ether oxygens (including phenoxy) is 1. The molecule has 0 unspecified atom stereocenters. The molecule has 0 spiro atoms. The molecule has 82 valence electrons. The molecular formula is C14H14B2O. The number of rotatable bonds is 1. The summed E-state index contributed by atoms with van der Waals surface area (Å²) in [6.45, 7) is 2.12. The molecule has 1 aliphatic heterocycles. The molecule has 2 aromatic carbocycles. The van der Waals surface area contributed by atoms with Crippen molar-refractivity contribution in [3.05, 3.63) is 53.1 Å². The highest BCUT2D eigenvalue weighted by Crippen LogP contribution is 2.36. The van der Waals surface area contributed by atoms with Crippen LogP contribution >= 0.6 is 0 Å². The summed E-state index contributed by atoms with van der Waals surface area (Å²) < 4.78 is 5.93. The SMILES string of the molecule is BBc1ccc2c(c1)Cc1cc(C)ccc1O2. The van der Waals surface area contributed by atoms with Gasteiger partial charge in [0.25, 0.3) is 0 Å². The van der Waals surface area contributed by atoms with Crippen LogP contribution in [0.15, 0.2) is 36.4 Å². The Hall–Kier alpha value is -1.63. The van der Waals surface area contributed by atoms with E-state index in [1.54, 1.807) is 0 Å². The van der Waals surface area contributed by atoms with Gasteiger partial charge in [-0.3, -0.25) is 0 Å². The predicted octanol–water partition coefficient (Wildman–Crippen LogP) is 1.30. The molecule has 0 radical (unpaired) electrons. The number of fused-ring (bicyclic) bond motifs is 2. The lowest BCUT2D eigenvalue weighted by molar-refractivity contribution is 0.460. The van der Waals surface area contributed by atoms with Crippen LogP contribution in [-0.2, 0) is 6.42 Å². The first kappa shape index (κ1) is 10.5. The van der Waals surface area contributed by atoms with Crippen LogP contribution in [0.3, 0.4) is 0 Å². The fourth-order valence-corrected chi connectivity index (χ4v) is 2.36. The topological polar surface area (TPSA) is 9.23 Å². The molecule has 0 aliphatic carbocycles. The molecule has 2 aromatic rings. The predicted molar refractivity (Wildman–Crippen MR) is 75.8 cm³/mol. The molecule has 0 aromatic heterocycles. The Morgan fingerprint density at radius 2 is 1.76 bits per heavy atom. The van der Waals surface area contributed by atoms with Gasteiger partial charge in [0, 0.05) is 6.42 Å². The van der Waals surface area contributed by atoms with E-state index in [1.807, 2.05) is 0 Å². The third-order valence-corrected chi connectivity index (χ3v) is 3.35. The molecule has 0 N–H and O–H groups in total. The van der Waals surface area contributed by atoms with Crippen LogP contribution < -0.4 is 10.2 Å². The normalized spacial score (nSPS) is 12.3. The van der Waals surface area contributed by atoms with Crippen molar-refractivity contribution in [3.63, 3.8) is 0 Å². The molecule has 1 heterocycles. The lowest BCUT2D eigenvalue weighted by Crippen LogP contribution is -2.16. The van der Waals surface area contributed by atoms with Gasteiger partial charge in [-0.2, -0.15) is 0 Å². The number of aryl methyl sites for hydroxylation is 1. The Bertz CT molecular complexity index is 578. The second kappa shape index (κ2) is 3.99.